The summed E-state index contributed by atoms with van der Waals surface area (Å²) < 4.78 is 5.28. The van der Waals surface area contributed by atoms with Gasteiger partial charge < -0.3 is 15.4 Å². The standard InChI is InChI=1S/C15H26N2O/c1-3-4-5-11-17(12-7-10-16)14-8-6-9-15(13-14)18-2/h6,8-9,13H,3-5,7,10-12,16H2,1-2H3. The third-order valence-corrected chi connectivity index (χ3v) is 3.08. The number of ether oxygens (including phenoxy) is 1. The fourth-order valence-electron chi connectivity index (χ4n) is 2.01. The van der Waals surface area contributed by atoms with E-state index in [2.05, 4.69) is 24.0 Å². The van der Waals surface area contributed by atoms with Crippen molar-refractivity contribution in [2.45, 2.75) is 32.6 Å². The van der Waals surface area contributed by atoms with Crippen molar-refractivity contribution < 1.29 is 4.74 Å². The van der Waals surface area contributed by atoms with Crippen molar-refractivity contribution in [3.05, 3.63) is 24.3 Å². The second kappa shape index (κ2) is 8.81. The van der Waals surface area contributed by atoms with Crippen LogP contribution in [0.1, 0.15) is 32.6 Å². The Morgan fingerprint density at radius 2 is 1.94 bits per heavy atom. The second-order valence-corrected chi connectivity index (χ2v) is 4.54. The van der Waals surface area contributed by atoms with Gasteiger partial charge in [-0.3, -0.25) is 0 Å². The lowest BCUT2D eigenvalue weighted by Gasteiger charge is -2.25. The first-order valence-electron chi connectivity index (χ1n) is 6.91. The minimum Gasteiger partial charge on any atom is -0.497 e. The molecule has 2 N–H and O–H groups in total. The van der Waals surface area contributed by atoms with Crippen LogP contribution in [0.5, 0.6) is 5.75 Å². The highest BCUT2D eigenvalue weighted by Gasteiger charge is 2.06. The quantitative estimate of drug-likeness (QED) is 0.685. The summed E-state index contributed by atoms with van der Waals surface area (Å²) in [5.41, 5.74) is 6.85. The molecule has 0 bridgehead atoms. The van der Waals surface area contributed by atoms with Gasteiger partial charge in [0.25, 0.3) is 0 Å². The molecule has 0 aliphatic carbocycles. The molecule has 0 heterocycles. The van der Waals surface area contributed by atoms with Crippen LogP contribution in [0, 0.1) is 0 Å². The molecule has 3 heteroatoms. The predicted octanol–water partition coefficient (Wildman–Crippen LogP) is 3.04. The minimum atomic E-state index is 0.744. The van der Waals surface area contributed by atoms with Crippen LogP contribution in [0.4, 0.5) is 5.69 Å². The van der Waals surface area contributed by atoms with Gasteiger partial charge in [0.1, 0.15) is 5.75 Å². The number of unbranched alkanes of at least 4 members (excludes halogenated alkanes) is 2. The molecule has 1 aromatic rings. The molecule has 0 saturated carbocycles. The zero-order chi connectivity index (χ0) is 13.2. The van der Waals surface area contributed by atoms with Crippen LogP contribution in [-0.2, 0) is 0 Å². The van der Waals surface area contributed by atoms with Gasteiger partial charge in [0.05, 0.1) is 7.11 Å². The monoisotopic (exact) mass is 250 g/mol. The summed E-state index contributed by atoms with van der Waals surface area (Å²) in [6.45, 7) is 5.10. The molecular weight excluding hydrogens is 224 g/mol. The first-order chi connectivity index (χ1) is 8.81. The van der Waals surface area contributed by atoms with Crippen LogP contribution in [0.3, 0.4) is 0 Å². The maximum Gasteiger partial charge on any atom is 0.120 e. The molecular formula is C15H26N2O. The van der Waals surface area contributed by atoms with Crippen LogP contribution in [0.15, 0.2) is 24.3 Å². The van der Waals surface area contributed by atoms with Crippen molar-refractivity contribution in [3.8, 4) is 5.75 Å². The normalized spacial score (nSPS) is 10.4. The Bertz CT molecular complexity index is 328. The Kier molecular flexibility index (Phi) is 7.26. The van der Waals surface area contributed by atoms with Crippen LogP contribution < -0.4 is 15.4 Å². The molecule has 0 atom stereocenters. The highest BCUT2D eigenvalue weighted by atomic mass is 16.5. The number of hydrogen-bond acceptors (Lipinski definition) is 3. The van der Waals surface area contributed by atoms with Gasteiger partial charge in [0, 0.05) is 24.8 Å². The molecule has 0 unspecified atom stereocenters. The molecule has 0 fully saturated rings. The van der Waals surface area contributed by atoms with Crippen LogP contribution in [-0.4, -0.2) is 26.7 Å². The van der Waals surface area contributed by atoms with E-state index in [0.717, 1.165) is 31.8 Å². The molecule has 0 aromatic heterocycles. The van der Waals surface area contributed by atoms with Gasteiger partial charge in [0.2, 0.25) is 0 Å². The van der Waals surface area contributed by atoms with E-state index in [9.17, 15) is 0 Å². The van der Waals surface area contributed by atoms with Crippen molar-refractivity contribution in [2.75, 3.05) is 31.6 Å². The van der Waals surface area contributed by atoms with E-state index in [1.807, 2.05) is 12.1 Å². The minimum absolute atomic E-state index is 0.744. The first kappa shape index (κ1) is 14.8. The van der Waals surface area contributed by atoms with Gasteiger partial charge in [-0.1, -0.05) is 25.8 Å². The number of nitrogens with zero attached hydrogens (tertiary/aromatic N) is 1. The van der Waals surface area contributed by atoms with E-state index in [1.165, 1.54) is 24.9 Å². The second-order valence-electron chi connectivity index (χ2n) is 4.54. The average Bonchev–Trinajstić information content (AvgIpc) is 2.42. The molecule has 0 radical (unpaired) electrons. The van der Waals surface area contributed by atoms with E-state index < -0.39 is 0 Å². The summed E-state index contributed by atoms with van der Waals surface area (Å²) in [4.78, 5) is 2.41. The summed E-state index contributed by atoms with van der Waals surface area (Å²) in [5.74, 6) is 0.917. The van der Waals surface area contributed by atoms with E-state index in [0.29, 0.717) is 0 Å². The summed E-state index contributed by atoms with van der Waals surface area (Å²) in [5, 5.41) is 0. The van der Waals surface area contributed by atoms with E-state index in [-0.39, 0.29) is 0 Å². The molecule has 3 nitrogen and oxygen atoms in total. The topological polar surface area (TPSA) is 38.5 Å². The van der Waals surface area contributed by atoms with Crippen molar-refractivity contribution in [1.82, 2.24) is 0 Å². The summed E-state index contributed by atoms with van der Waals surface area (Å²) in [7, 11) is 1.71. The zero-order valence-electron chi connectivity index (χ0n) is 11.7. The molecule has 102 valence electrons. The number of anilines is 1. The Morgan fingerprint density at radius 3 is 2.61 bits per heavy atom. The van der Waals surface area contributed by atoms with Crippen LogP contribution in [0.25, 0.3) is 0 Å². The lowest BCUT2D eigenvalue weighted by atomic mass is 10.2. The molecule has 1 rings (SSSR count). The SMILES string of the molecule is CCCCCN(CCCN)c1cccc(OC)c1. The van der Waals surface area contributed by atoms with Gasteiger partial charge in [-0.15, -0.1) is 0 Å². The van der Waals surface area contributed by atoms with Gasteiger partial charge >= 0.3 is 0 Å². The van der Waals surface area contributed by atoms with Crippen molar-refractivity contribution in [2.24, 2.45) is 5.73 Å². The van der Waals surface area contributed by atoms with Gasteiger partial charge in [-0.05, 0) is 31.5 Å². The Labute approximate surface area is 111 Å². The molecule has 1 aromatic carbocycles. The van der Waals surface area contributed by atoms with Gasteiger partial charge in [-0.2, -0.15) is 0 Å². The molecule has 18 heavy (non-hydrogen) atoms. The molecule has 0 saturated heterocycles. The largest absolute Gasteiger partial charge is 0.497 e. The summed E-state index contributed by atoms with van der Waals surface area (Å²) >= 11 is 0. The maximum absolute atomic E-state index is 5.61. The third kappa shape index (κ3) is 4.96. The highest BCUT2D eigenvalue weighted by molar-refractivity contribution is 5.50. The number of nitrogens with two attached hydrogens (primary N) is 1. The third-order valence-electron chi connectivity index (χ3n) is 3.08. The molecule has 0 aliphatic rings. The fourth-order valence-corrected chi connectivity index (χ4v) is 2.01. The summed E-state index contributed by atoms with van der Waals surface area (Å²) in [6, 6.07) is 8.27. The number of rotatable bonds is 9. The number of methoxy groups -OCH3 is 1. The summed E-state index contributed by atoms with van der Waals surface area (Å²) in [6.07, 6.45) is 4.80. The van der Waals surface area contributed by atoms with E-state index in [4.69, 9.17) is 10.5 Å². The van der Waals surface area contributed by atoms with Crippen LogP contribution in [0.2, 0.25) is 0 Å². The lowest BCUT2D eigenvalue weighted by molar-refractivity contribution is 0.414. The van der Waals surface area contributed by atoms with E-state index >= 15 is 0 Å². The van der Waals surface area contributed by atoms with Gasteiger partial charge in [0.15, 0.2) is 0 Å². The molecule has 0 amide bonds. The molecule has 0 aliphatic heterocycles. The first-order valence-corrected chi connectivity index (χ1v) is 6.91. The Morgan fingerprint density at radius 1 is 1.17 bits per heavy atom. The predicted molar refractivity (Wildman–Crippen MR) is 78.4 cm³/mol. The maximum atomic E-state index is 5.61. The highest BCUT2D eigenvalue weighted by Crippen LogP contribution is 2.21. The smallest absolute Gasteiger partial charge is 0.120 e. The van der Waals surface area contributed by atoms with Crippen LogP contribution >= 0.6 is 0 Å². The van der Waals surface area contributed by atoms with Crippen molar-refractivity contribution >= 4 is 5.69 Å². The van der Waals surface area contributed by atoms with Crippen molar-refractivity contribution in [1.29, 1.82) is 0 Å². The fraction of sp³-hybridized carbons (Fsp3) is 0.600. The van der Waals surface area contributed by atoms with E-state index in [1.54, 1.807) is 7.11 Å². The van der Waals surface area contributed by atoms with Gasteiger partial charge in [-0.25, -0.2) is 0 Å². The lowest BCUT2D eigenvalue weighted by Crippen LogP contribution is -2.27. The van der Waals surface area contributed by atoms with Crippen molar-refractivity contribution in [3.63, 3.8) is 0 Å². The molecule has 0 spiro atoms. The number of hydrogen-bond donors (Lipinski definition) is 1. The number of benzene rings is 1. The average molecular weight is 250 g/mol. The Balaban J connectivity index is 2.66. The zero-order valence-corrected chi connectivity index (χ0v) is 11.7. The Hall–Kier alpha value is -1.22.